The van der Waals surface area contributed by atoms with Crippen LogP contribution in [0.1, 0.15) is 11.1 Å². The molecule has 3 rings (SSSR count). The second-order valence-electron chi connectivity index (χ2n) is 5.08. The molecule has 1 heterocycles. The lowest BCUT2D eigenvalue weighted by molar-refractivity contribution is -0.137. The van der Waals surface area contributed by atoms with Gasteiger partial charge in [0, 0.05) is 12.1 Å². The van der Waals surface area contributed by atoms with Crippen molar-refractivity contribution in [3.05, 3.63) is 53.6 Å². The van der Waals surface area contributed by atoms with E-state index in [0.717, 1.165) is 23.6 Å². The zero-order chi connectivity index (χ0) is 15.7. The summed E-state index contributed by atoms with van der Waals surface area (Å²) in [6.45, 7) is 1.43. The molecule has 2 aromatic carbocycles. The summed E-state index contributed by atoms with van der Waals surface area (Å²) >= 11 is 0. The Morgan fingerprint density at radius 3 is 2.64 bits per heavy atom. The number of nitrogens with zero attached hydrogens (tertiary/aromatic N) is 1. The van der Waals surface area contributed by atoms with Crippen molar-refractivity contribution in [1.29, 1.82) is 0 Å². The fraction of sp³-hybridized carbons (Fsp3) is 0.250. The molecule has 0 fully saturated rings. The first kappa shape index (κ1) is 14.6. The van der Waals surface area contributed by atoms with Gasteiger partial charge in [0.15, 0.2) is 0 Å². The summed E-state index contributed by atoms with van der Waals surface area (Å²) in [4.78, 5) is 1.97. The Morgan fingerprint density at radius 2 is 1.91 bits per heavy atom. The van der Waals surface area contributed by atoms with E-state index in [1.165, 1.54) is 6.07 Å². The minimum atomic E-state index is -4.46. The first-order chi connectivity index (χ1) is 10.4. The molecular formula is C16H14F3NO2. The summed E-state index contributed by atoms with van der Waals surface area (Å²) in [6, 6.07) is 10.5. The van der Waals surface area contributed by atoms with Gasteiger partial charge in [0.1, 0.15) is 18.1 Å². The van der Waals surface area contributed by atoms with Crippen LogP contribution in [0.15, 0.2) is 42.5 Å². The summed E-state index contributed by atoms with van der Waals surface area (Å²) in [5, 5.41) is 9.88. The second kappa shape index (κ2) is 5.44. The molecule has 0 unspecified atom stereocenters. The molecule has 0 aliphatic carbocycles. The number of fused-ring (bicyclic) bond motifs is 1. The van der Waals surface area contributed by atoms with E-state index >= 15 is 0 Å². The monoisotopic (exact) mass is 309 g/mol. The van der Waals surface area contributed by atoms with Gasteiger partial charge in [-0.3, -0.25) is 0 Å². The quantitative estimate of drug-likeness (QED) is 0.915. The molecule has 0 aromatic heterocycles. The largest absolute Gasteiger partial charge is 0.508 e. The van der Waals surface area contributed by atoms with Gasteiger partial charge in [-0.1, -0.05) is 18.2 Å². The van der Waals surface area contributed by atoms with Gasteiger partial charge in [-0.15, -0.1) is 0 Å². The van der Waals surface area contributed by atoms with Gasteiger partial charge in [-0.25, -0.2) is 0 Å². The fourth-order valence-electron chi connectivity index (χ4n) is 2.47. The Hall–Kier alpha value is -2.37. The van der Waals surface area contributed by atoms with Gasteiger partial charge in [0.05, 0.1) is 17.8 Å². The summed E-state index contributed by atoms with van der Waals surface area (Å²) < 4.78 is 43.4. The van der Waals surface area contributed by atoms with Crippen LogP contribution >= 0.6 is 0 Å². The highest BCUT2D eigenvalue weighted by molar-refractivity contribution is 5.60. The van der Waals surface area contributed by atoms with E-state index in [1.807, 2.05) is 29.2 Å². The molecule has 116 valence electrons. The number of phenolic OH excluding ortho intramolecular Hbond substituents is 1. The predicted molar refractivity (Wildman–Crippen MR) is 76.1 cm³/mol. The van der Waals surface area contributed by atoms with Gasteiger partial charge in [-0.05, 0) is 24.3 Å². The van der Waals surface area contributed by atoms with E-state index in [0.29, 0.717) is 25.3 Å². The van der Waals surface area contributed by atoms with Crippen molar-refractivity contribution in [3.8, 4) is 11.5 Å². The Balaban J connectivity index is 1.86. The second-order valence-corrected chi connectivity index (χ2v) is 5.08. The van der Waals surface area contributed by atoms with Crippen LogP contribution < -0.4 is 9.64 Å². The van der Waals surface area contributed by atoms with Crippen LogP contribution in [0.25, 0.3) is 0 Å². The van der Waals surface area contributed by atoms with Gasteiger partial charge >= 0.3 is 6.18 Å². The normalized spacial score (nSPS) is 14.4. The van der Waals surface area contributed by atoms with Crippen molar-refractivity contribution in [1.82, 2.24) is 0 Å². The van der Waals surface area contributed by atoms with E-state index < -0.39 is 11.7 Å². The highest BCUT2D eigenvalue weighted by Gasteiger charge is 2.31. The topological polar surface area (TPSA) is 32.7 Å². The average molecular weight is 309 g/mol. The minimum absolute atomic E-state index is 0.324. The van der Waals surface area contributed by atoms with Crippen molar-refractivity contribution in [2.24, 2.45) is 0 Å². The third-order valence-electron chi connectivity index (χ3n) is 3.60. The zero-order valence-corrected chi connectivity index (χ0v) is 11.6. The number of phenols is 1. The highest BCUT2D eigenvalue weighted by atomic mass is 19.4. The number of alkyl halides is 3. The van der Waals surface area contributed by atoms with E-state index in [1.54, 1.807) is 0 Å². The lowest BCUT2D eigenvalue weighted by Gasteiger charge is -2.31. The number of benzene rings is 2. The maximum Gasteiger partial charge on any atom is 0.416 e. The van der Waals surface area contributed by atoms with Gasteiger partial charge in [0.2, 0.25) is 0 Å². The Bertz CT molecular complexity index is 685. The molecular weight excluding hydrogens is 295 g/mol. The maximum atomic E-state index is 12.6. The van der Waals surface area contributed by atoms with Crippen LogP contribution in [0.2, 0.25) is 0 Å². The molecule has 22 heavy (non-hydrogen) atoms. The summed E-state index contributed by atoms with van der Waals surface area (Å²) in [7, 11) is 0. The lowest BCUT2D eigenvalue weighted by Crippen LogP contribution is -2.32. The van der Waals surface area contributed by atoms with Crippen molar-refractivity contribution in [2.75, 3.05) is 18.1 Å². The van der Waals surface area contributed by atoms with E-state index in [4.69, 9.17) is 4.74 Å². The molecule has 6 heteroatoms. The SMILES string of the molecule is Oc1cc(C(F)(F)F)ccc1CN1CCOc2ccccc21. The van der Waals surface area contributed by atoms with Crippen LogP contribution in [-0.2, 0) is 12.7 Å². The molecule has 0 saturated carbocycles. The number of ether oxygens (including phenoxy) is 1. The smallest absolute Gasteiger partial charge is 0.416 e. The van der Waals surface area contributed by atoms with Crippen molar-refractivity contribution in [2.45, 2.75) is 12.7 Å². The molecule has 0 bridgehead atoms. The lowest BCUT2D eigenvalue weighted by atomic mass is 10.1. The highest BCUT2D eigenvalue weighted by Crippen LogP contribution is 2.35. The summed E-state index contributed by atoms with van der Waals surface area (Å²) in [5.74, 6) is 0.388. The van der Waals surface area contributed by atoms with Crippen LogP contribution in [0.3, 0.4) is 0 Å². The first-order valence-electron chi connectivity index (χ1n) is 6.81. The predicted octanol–water partition coefficient (Wildman–Crippen LogP) is 3.81. The number of anilines is 1. The standard InChI is InChI=1S/C16H14F3NO2/c17-16(18,19)12-6-5-11(14(21)9-12)10-20-7-8-22-15-4-2-1-3-13(15)20/h1-6,9,21H,7-8,10H2. The zero-order valence-electron chi connectivity index (χ0n) is 11.6. The van der Waals surface area contributed by atoms with E-state index in [2.05, 4.69) is 0 Å². The molecule has 0 spiro atoms. The van der Waals surface area contributed by atoms with Crippen molar-refractivity contribution < 1.29 is 23.0 Å². The Morgan fingerprint density at radius 1 is 1.14 bits per heavy atom. The van der Waals surface area contributed by atoms with E-state index in [-0.39, 0.29) is 5.75 Å². The molecule has 0 atom stereocenters. The number of rotatable bonds is 2. The third kappa shape index (κ3) is 2.81. The molecule has 2 aromatic rings. The van der Waals surface area contributed by atoms with Crippen molar-refractivity contribution in [3.63, 3.8) is 0 Å². The number of para-hydroxylation sites is 2. The molecule has 1 aliphatic rings. The molecule has 0 amide bonds. The molecule has 1 aliphatic heterocycles. The third-order valence-corrected chi connectivity index (χ3v) is 3.60. The fourth-order valence-corrected chi connectivity index (χ4v) is 2.47. The average Bonchev–Trinajstić information content (AvgIpc) is 2.48. The van der Waals surface area contributed by atoms with Crippen LogP contribution in [0.5, 0.6) is 11.5 Å². The van der Waals surface area contributed by atoms with Crippen molar-refractivity contribution >= 4 is 5.69 Å². The van der Waals surface area contributed by atoms with Crippen LogP contribution in [0.4, 0.5) is 18.9 Å². The van der Waals surface area contributed by atoms with Crippen LogP contribution in [-0.4, -0.2) is 18.3 Å². The number of hydrogen-bond acceptors (Lipinski definition) is 3. The minimum Gasteiger partial charge on any atom is -0.508 e. The molecule has 0 saturated heterocycles. The number of aromatic hydroxyl groups is 1. The molecule has 1 N–H and O–H groups in total. The summed E-state index contributed by atoms with van der Waals surface area (Å²) in [5.41, 5.74) is 0.467. The van der Waals surface area contributed by atoms with Gasteiger partial charge in [0.25, 0.3) is 0 Å². The molecule has 3 nitrogen and oxygen atoms in total. The Kier molecular flexibility index (Phi) is 3.60. The number of hydrogen-bond donors (Lipinski definition) is 1. The van der Waals surface area contributed by atoms with Gasteiger partial charge < -0.3 is 14.7 Å². The number of halogens is 3. The Labute approximate surface area is 125 Å². The van der Waals surface area contributed by atoms with Gasteiger partial charge in [-0.2, -0.15) is 13.2 Å². The van der Waals surface area contributed by atoms with E-state index in [9.17, 15) is 18.3 Å². The maximum absolute atomic E-state index is 12.6. The first-order valence-corrected chi connectivity index (χ1v) is 6.81. The van der Waals surface area contributed by atoms with Crippen LogP contribution in [0, 0.1) is 0 Å². The molecule has 0 radical (unpaired) electrons. The summed E-state index contributed by atoms with van der Waals surface area (Å²) in [6.07, 6.45) is -4.46.